The van der Waals surface area contributed by atoms with Gasteiger partial charge in [-0.3, -0.25) is 0 Å². The molecule has 8 heteroatoms. The van der Waals surface area contributed by atoms with Crippen LogP contribution in [0.25, 0.3) is 0 Å². The van der Waals surface area contributed by atoms with Crippen LogP contribution in [0.15, 0.2) is 12.3 Å². The van der Waals surface area contributed by atoms with Crippen molar-refractivity contribution in [3.05, 3.63) is 23.5 Å². The maximum absolute atomic E-state index is 11.3. The summed E-state index contributed by atoms with van der Waals surface area (Å²) in [7, 11) is -4.07. The standard InChI is InChI=1S/C11H17N3O4S/c12-19(17,18)14-6-3-9(10(14)11(15)16)7-8-1-4-13-5-2-8/h3,6,8,13H,1-2,4-5,7H2,(H,15,16)(H2,12,17,18)/p+1. The minimum absolute atomic E-state index is 0.239. The van der Waals surface area contributed by atoms with Gasteiger partial charge in [-0.25, -0.2) is 13.9 Å². The maximum atomic E-state index is 11.3. The van der Waals surface area contributed by atoms with Crippen LogP contribution >= 0.6 is 0 Å². The van der Waals surface area contributed by atoms with E-state index in [1.165, 1.54) is 12.3 Å². The fourth-order valence-corrected chi connectivity index (χ4v) is 3.25. The van der Waals surface area contributed by atoms with Gasteiger partial charge in [0, 0.05) is 6.20 Å². The highest BCUT2D eigenvalue weighted by molar-refractivity contribution is 7.87. The summed E-state index contributed by atoms with van der Waals surface area (Å²) in [6, 6.07) is 1.53. The van der Waals surface area contributed by atoms with Gasteiger partial charge >= 0.3 is 16.2 Å². The van der Waals surface area contributed by atoms with E-state index >= 15 is 0 Å². The van der Waals surface area contributed by atoms with Crippen molar-refractivity contribution in [2.75, 3.05) is 13.1 Å². The lowest BCUT2D eigenvalue weighted by Crippen LogP contribution is -2.86. The number of nitrogens with zero attached hydrogens (tertiary/aromatic N) is 1. The third kappa shape index (κ3) is 3.14. The Hall–Kier alpha value is -1.38. The largest absolute Gasteiger partial charge is 0.477 e. The maximum Gasteiger partial charge on any atom is 0.353 e. The van der Waals surface area contributed by atoms with E-state index in [1.54, 1.807) is 0 Å². The molecule has 0 aromatic carbocycles. The van der Waals surface area contributed by atoms with Crippen LogP contribution in [-0.4, -0.2) is 36.6 Å². The van der Waals surface area contributed by atoms with E-state index in [2.05, 4.69) is 5.32 Å². The molecule has 1 aromatic rings. The highest BCUT2D eigenvalue weighted by atomic mass is 32.2. The van der Waals surface area contributed by atoms with Crippen molar-refractivity contribution in [3.63, 3.8) is 0 Å². The van der Waals surface area contributed by atoms with Crippen molar-refractivity contribution in [2.45, 2.75) is 19.3 Å². The van der Waals surface area contributed by atoms with Crippen molar-refractivity contribution in [1.82, 2.24) is 3.97 Å². The Morgan fingerprint density at radius 2 is 2.11 bits per heavy atom. The molecular weight excluding hydrogens is 270 g/mol. The highest BCUT2D eigenvalue weighted by Crippen LogP contribution is 2.21. The Morgan fingerprint density at radius 1 is 1.47 bits per heavy atom. The number of nitrogens with two attached hydrogens (primary N) is 2. The van der Waals surface area contributed by atoms with Gasteiger partial charge in [-0.15, -0.1) is 0 Å². The molecule has 0 atom stereocenters. The Bertz CT molecular complexity index is 573. The topological polar surface area (TPSA) is 119 Å². The molecule has 5 N–H and O–H groups in total. The zero-order valence-corrected chi connectivity index (χ0v) is 11.3. The first-order chi connectivity index (χ1) is 8.89. The lowest BCUT2D eigenvalue weighted by atomic mass is 9.91. The molecule has 1 fully saturated rings. The van der Waals surface area contributed by atoms with E-state index in [0.717, 1.165) is 25.9 Å². The first-order valence-corrected chi connectivity index (χ1v) is 7.68. The lowest BCUT2D eigenvalue weighted by molar-refractivity contribution is -0.664. The normalized spacial score (nSPS) is 17.5. The van der Waals surface area contributed by atoms with Crippen LogP contribution in [0.1, 0.15) is 28.9 Å². The van der Waals surface area contributed by atoms with Gasteiger partial charge < -0.3 is 10.4 Å². The monoisotopic (exact) mass is 288 g/mol. The van der Waals surface area contributed by atoms with Gasteiger partial charge in [0.2, 0.25) is 0 Å². The molecule has 1 saturated heterocycles. The van der Waals surface area contributed by atoms with E-state index in [0.29, 0.717) is 21.9 Å². The zero-order chi connectivity index (χ0) is 14.0. The summed E-state index contributed by atoms with van der Waals surface area (Å²) in [4.78, 5) is 11.2. The van der Waals surface area contributed by atoms with Crippen LogP contribution in [0.4, 0.5) is 0 Å². The van der Waals surface area contributed by atoms with Crippen LogP contribution in [0, 0.1) is 5.92 Å². The van der Waals surface area contributed by atoms with E-state index < -0.39 is 16.2 Å². The number of carboxylic acids is 1. The second-order valence-corrected chi connectivity index (χ2v) is 6.27. The molecular formula is C11H18N3O4S+. The Balaban J connectivity index is 2.30. The summed E-state index contributed by atoms with van der Waals surface area (Å²) in [6.45, 7) is 2.06. The van der Waals surface area contributed by atoms with Gasteiger partial charge in [-0.1, -0.05) is 0 Å². The number of carbonyl (C=O) groups is 1. The van der Waals surface area contributed by atoms with Crippen LogP contribution < -0.4 is 10.5 Å². The third-order valence-corrected chi connectivity index (χ3v) is 4.33. The molecule has 1 aromatic heterocycles. The van der Waals surface area contributed by atoms with E-state index in [4.69, 9.17) is 5.14 Å². The van der Waals surface area contributed by atoms with Crippen molar-refractivity contribution in [3.8, 4) is 0 Å². The third-order valence-electron chi connectivity index (χ3n) is 3.48. The van der Waals surface area contributed by atoms with Crippen molar-refractivity contribution < 1.29 is 23.6 Å². The van der Waals surface area contributed by atoms with Crippen molar-refractivity contribution in [2.24, 2.45) is 11.1 Å². The number of aromatic carboxylic acids is 1. The number of quaternary nitrogens is 1. The number of rotatable bonds is 4. The average Bonchev–Trinajstić information content (AvgIpc) is 2.74. The molecule has 7 nitrogen and oxygen atoms in total. The molecule has 2 rings (SSSR count). The second-order valence-electron chi connectivity index (χ2n) is 4.85. The highest BCUT2D eigenvalue weighted by Gasteiger charge is 2.25. The molecule has 0 aliphatic carbocycles. The summed E-state index contributed by atoms with van der Waals surface area (Å²) in [6.07, 6.45) is 3.82. The number of hydrogen-bond acceptors (Lipinski definition) is 3. The number of piperidine rings is 1. The molecule has 19 heavy (non-hydrogen) atoms. The molecule has 1 aliphatic rings. The quantitative estimate of drug-likeness (QED) is 0.641. The molecule has 1 aliphatic heterocycles. The second kappa shape index (κ2) is 5.32. The van der Waals surface area contributed by atoms with E-state index in [-0.39, 0.29) is 5.69 Å². The van der Waals surface area contributed by atoms with Crippen molar-refractivity contribution in [1.29, 1.82) is 0 Å². The van der Waals surface area contributed by atoms with Gasteiger partial charge in [-0.2, -0.15) is 8.42 Å². The molecule has 0 saturated carbocycles. The first-order valence-electron chi connectivity index (χ1n) is 6.18. The minimum atomic E-state index is -4.07. The number of carboxylic acid groups (broad SMARTS) is 1. The van der Waals surface area contributed by atoms with Gasteiger partial charge in [0.05, 0.1) is 13.1 Å². The van der Waals surface area contributed by atoms with Crippen molar-refractivity contribution >= 4 is 16.2 Å². The van der Waals surface area contributed by atoms with Crippen LogP contribution in [0.2, 0.25) is 0 Å². The summed E-state index contributed by atoms with van der Waals surface area (Å²) >= 11 is 0. The van der Waals surface area contributed by atoms with Crippen LogP contribution in [-0.2, 0) is 16.6 Å². The zero-order valence-electron chi connectivity index (χ0n) is 10.4. The molecule has 0 unspecified atom stereocenters. The Kier molecular flexibility index (Phi) is 3.93. The number of hydrogen-bond donors (Lipinski definition) is 3. The molecule has 106 valence electrons. The van der Waals surface area contributed by atoms with E-state index in [9.17, 15) is 18.3 Å². The van der Waals surface area contributed by atoms with Gasteiger partial charge in [0.15, 0.2) is 0 Å². The van der Waals surface area contributed by atoms with Crippen LogP contribution in [0.3, 0.4) is 0 Å². The van der Waals surface area contributed by atoms with Gasteiger partial charge in [-0.05, 0) is 36.8 Å². The summed E-state index contributed by atoms with van der Waals surface area (Å²) in [5.74, 6) is -0.865. The van der Waals surface area contributed by atoms with Gasteiger partial charge in [0.1, 0.15) is 5.69 Å². The first kappa shape index (κ1) is 14.0. The fraction of sp³-hybridized carbons (Fsp3) is 0.545. The molecule has 0 radical (unpaired) electrons. The fourth-order valence-electron chi connectivity index (χ4n) is 2.57. The molecule has 0 amide bonds. The Morgan fingerprint density at radius 3 is 2.63 bits per heavy atom. The molecule has 0 bridgehead atoms. The SMILES string of the molecule is NS(=O)(=O)n1ccc(CC2CC[NH2+]CC2)c1C(=O)O. The predicted octanol–water partition coefficient (Wildman–Crippen LogP) is -1.25. The Labute approximate surface area is 111 Å². The number of aromatic nitrogens is 1. The lowest BCUT2D eigenvalue weighted by Gasteiger charge is -2.20. The van der Waals surface area contributed by atoms with Gasteiger partial charge in [0.25, 0.3) is 0 Å². The summed E-state index contributed by atoms with van der Waals surface area (Å²) in [5, 5.41) is 16.4. The van der Waals surface area contributed by atoms with Crippen LogP contribution in [0.5, 0.6) is 0 Å². The smallest absolute Gasteiger partial charge is 0.353 e. The summed E-state index contributed by atoms with van der Waals surface area (Å²) < 4.78 is 23.3. The molecule has 0 spiro atoms. The van der Waals surface area contributed by atoms with E-state index in [1.807, 2.05) is 0 Å². The summed E-state index contributed by atoms with van der Waals surface area (Å²) in [5.41, 5.74) is 0.297. The predicted molar refractivity (Wildman–Crippen MR) is 68.0 cm³/mol. The minimum Gasteiger partial charge on any atom is -0.477 e. The average molecular weight is 288 g/mol. The molecule has 2 heterocycles.